The van der Waals surface area contributed by atoms with Crippen LogP contribution in [0.2, 0.25) is 0 Å². The molecule has 1 aromatic rings. The monoisotopic (exact) mass is 372 g/mol. The fraction of sp³-hybridized carbons (Fsp3) is 0.762. The highest BCUT2D eigenvalue weighted by atomic mass is 16.2. The van der Waals surface area contributed by atoms with Crippen molar-refractivity contribution in [3.63, 3.8) is 0 Å². The Balaban J connectivity index is 1.61. The Labute approximate surface area is 161 Å². The molecule has 0 aliphatic carbocycles. The molecular formula is C21H32N4O2. The molecule has 0 aromatic carbocycles. The van der Waals surface area contributed by atoms with Crippen molar-refractivity contribution >= 4 is 11.8 Å². The maximum Gasteiger partial charge on any atom is 0.289 e. The average Bonchev–Trinajstić information content (AvgIpc) is 3.07. The van der Waals surface area contributed by atoms with Gasteiger partial charge < -0.3 is 14.4 Å². The van der Waals surface area contributed by atoms with Crippen molar-refractivity contribution in [2.45, 2.75) is 65.3 Å². The fourth-order valence-corrected chi connectivity index (χ4v) is 4.75. The summed E-state index contributed by atoms with van der Waals surface area (Å²) in [5.74, 6) is 1.75. The van der Waals surface area contributed by atoms with Crippen LogP contribution in [0.5, 0.6) is 0 Å². The molecule has 148 valence electrons. The highest BCUT2D eigenvalue weighted by molar-refractivity contribution is 5.97. The third-order valence-corrected chi connectivity index (χ3v) is 6.53. The van der Waals surface area contributed by atoms with Crippen molar-refractivity contribution in [3.05, 3.63) is 17.2 Å². The van der Waals surface area contributed by atoms with Crippen LogP contribution in [0.25, 0.3) is 0 Å². The summed E-state index contributed by atoms with van der Waals surface area (Å²) in [7, 11) is 0. The van der Waals surface area contributed by atoms with Crippen LogP contribution < -0.4 is 0 Å². The molecule has 1 unspecified atom stereocenters. The zero-order chi connectivity index (χ0) is 19.0. The number of fused-ring (bicyclic) bond motifs is 1. The molecule has 6 nitrogen and oxygen atoms in total. The highest BCUT2D eigenvalue weighted by Crippen LogP contribution is 2.26. The summed E-state index contributed by atoms with van der Waals surface area (Å²) < 4.78 is 2.05. The predicted molar refractivity (Wildman–Crippen MR) is 104 cm³/mol. The molecule has 2 saturated heterocycles. The van der Waals surface area contributed by atoms with Crippen LogP contribution in [0.4, 0.5) is 0 Å². The van der Waals surface area contributed by atoms with Crippen molar-refractivity contribution < 1.29 is 9.59 Å². The predicted octanol–water partition coefficient (Wildman–Crippen LogP) is 2.96. The Morgan fingerprint density at radius 1 is 0.852 bits per heavy atom. The number of carbonyl (C=O) groups is 2. The Kier molecular flexibility index (Phi) is 5.24. The Morgan fingerprint density at radius 3 is 2.37 bits per heavy atom. The van der Waals surface area contributed by atoms with Crippen LogP contribution >= 0.6 is 0 Å². The van der Waals surface area contributed by atoms with Crippen LogP contribution in [0.3, 0.4) is 0 Å². The number of piperidine rings is 2. The van der Waals surface area contributed by atoms with E-state index in [1.54, 1.807) is 0 Å². The van der Waals surface area contributed by atoms with Gasteiger partial charge in [-0.2, -0.15) is 0 Å². The van der Waals surface area contributed by atoms with Gasteiger partial charge in [-0.25, -0.2) is 4.98 Å². The van der Waals surface area contributed by atoms with Gasteiger partial charge in [0.15, 0.2) is 5.82 Å². The second-order valence-corrected chi connectivity index (χ2v) is 8.81. The lowest BCUT2D eigenvalue weighted by atomic mass is 9.98. The number of rotatable bonds is 2. The van der Waals surface area contributed by atoms with Gasteiger partial charge in [0.25, 0.3) is 11.8 Å². The summed E-state index contributed by atoms with van der Waals surface area (Å²) in [6.45, 7) is 8.46. The summed E-state index contributed by atoms with van der Waals surface area (Å²) in [5.41, 5.74) is 1.52. The van der Waals surface area contributed by atoms with Gasteiger partial charge >= 0.3 is 0 Å². The molecule has 2 fully saturated rings. The molecule has 3 aliphatic rings. The molecule has 0 N–H and O–H groups in total. The minimum Gasteiger partial charge on any atom is -0.337 e. The second-order valence-electron chi connectivity index (χ2n) is 8.81. The third-order valence-electron chi connectivity index (χ3n) is 6.53. The minimum atomic E-state index is 0.0102. The van der Waals surface area contributed by atoms with Gasteiger partial charge in [-0.3, -0.25) is 9.59 Å². The van der Waals surface area contributed by atoms with E-state index in [2.05, 4.69) is 18.8 Å². The first-order valence-corrected chi connectivity index (χ1v) is 10.7. The van der Waals surface area contributed by atoms with Crippen molar-refractivity contribution in [3.8, 4) is 0 Å². The van der Waals surface area contributed by atoms with Crippen molar-refractivity contribution in [2.24, 2.45) is 11.8 Å². The maximum atomic E-state index is 13.2. The maximum absolute atomic E-state index is 13.2. The van der Waals surface area contributed by atoms with E-state index >= 15 is 0 Å². The van der Waals surface area contributed by atoms with E-state index in [9.17, 15) is 9.59 Å². The molecule has 0 spiro atoms. The number of likely N-dealkylation sites (tertiary alicyclic amines) is 2. The topological polar surface area (TPSA) is 58.4 Å². The first-order chi connectivity index (χ1) is 13.0. The smallest absolute Gasteiger partial charge is 0.289 e. The van der Waals surface area contributed by atoms with Crippen LogP contribution in [0.1, 0.15) is 79.2 Å². The first kappa shape index (κ1) is 18.5. The van der Waals surface area contributed by atoms with Gasteiger partial charge in [-0.15, -0.1) is 0 Å². The van der Waals surface area contributed by atoms with Crippen LogP contribution in [-0.4, -0.2) is 57.3 Å². The van der Waals surface area contributed by atoms with Gasteiger partial charge in [0.05, 0.1) is 5.69 Å². The zero-order valence-electron chi connectivity index (χ0n) is 16.7. The summed E-state index contributed by atoms with van der Waals surface area (Å²) >= 11 is 0. The lowest BCUT2D eigenvalue weighted by molar-refractivity contribution is 0.0664. The number of nitrogens with zero attached hydrogens (tertiary/aromatic N) is 4. The summed E-state index contributed by atoms with van der Waals surface area (Å²) in [4.78, 5) is 34.9. The molecule has 1 aromatic heterocycles. The summed E-state index contributed by atoms with van der Waals surface area (Å²) in [6.07, 6.45) is 7.31. The number of hydrogen-bond acceptors (Lipinski definition) is 3. The van der Waals surface area contributed by atoms with Crippen molar-refractivity contribution in [1.82, 2.24) is 19.4 Å². The molecule has 0 bridgehead atoms. The summed E-state index contributed by atoms with van der Waals surface area (Å²) in [6, 6.07) is 0. The quantitative estimate of drug-likeness (QED) is 0.802. The summed E-state index contributed by atoms with van der Waals surface area (Å²) in [5, 5.41) is 0. The molecule has 4 heterocycles. The van der Waals surface area contributed by atoms with Gasteiger partial charge in [-0.05, 0) is 56.8 Å². The SMILES string of the molecule is CC1CCN(C(=O)c2nc(C(=O)N3CCCC(C)C3)n3c2CCCC3)CC1. The van der Waals surface area contributed by atoms with Crippen LogP contribution in [-0.2, 0) is 13.0 Å². The molecular weight excluding hydrogens is 340 g/mol. The minimum absolute atomic E-state index is 0.0102. The standard InChI is InChI=1S/C21H32N4O2/c1-15-8-12-23(13-9-15)20(26)18-17-7-3-4-11-25(17)19(22-18)21(27)24-10-5-6-16(2)14-24/h15-16H,3-14H2,1-2H3. The Morgan fingerprint density at radius 2 is 1.63 bits per heavy atom. The van der Waals surface area contributed by atoms with E-state index in [-0.39, 0.29) is 11.8 Å². The van der Waals surface area contributed by atoms with Crippen LogP contribution in [0.15, 0.2) is 0 Å². The second kappa shape index (κ2) is 7.64. The number of amides is 2. The van der Waals surface area contributed by atoms with Crippen LogP contribution in [0, 0.1) is 11.8 Å². The zero-order valence-corrected chi connectivity index (χ0v) is 16.7. The Hall–Kier alpha value is -1.85. The lowest BCUT2D eigenvalue weighted by Gasteiger charge is -2.31. The van der Waals surface area contributed by atoms with E-state index in [1.807, 2.05) is 14.4 Å². The number of aromatic nitrogens is 2. The molecule has 0 radical (unpaired) electrons. The van der Waals surface area contributed by atoms with Gasteiger partial charge in [0, 0.05) is 32.7 Å². The largest absolute Gasteiger partial charge is 0.337 e. The third kappa shape index (κ3) is 3.63. The van der Waals surface area contributed by atoms with E-state index in [1.165, 1.54) is 6.42 Å². The Bertz CT molecular complexity index is 718. The average molecular weight is 373 g/mol. The normalized spacial score (nSPS) is 24.0. The molecule has 3 aliphatic heterocycles. The van der Waals surface area contributed by atoms with E-state index in [0.29, 0.717) is 23.4 Å². The lowest BCUT2D eigenvalue weighted by Crippen LogP contribution is -2.40. The molecule has 1 atom stereocenters. The number of hydrogen-bond donors (Lipinski definition) is 0. The van der Waals surface area contributed by atoms with Crippen molar-refractivity contribution in [1.29, 1.82) is 0 Å². The molecule has 2 amide bonds. The number of carbonyl (C=O) groups excluding carboxylic acids is 2. The highest BCUT2D eigenvalue weighted by Gasteiger charge is 2.33. The van der Waals surface area contributed by atoms with Gasteiger partial charge in [0.2, 0.25) is 0 Å². The molecule has 4 rings (SSSR count). The molecule has 6 heteroatoms. The van der Waals surface area contributed by atoms with Gasteiger partial charge in [-0.1, -0.05) is 13.8 Å². The number of imidazole rings is 1. The van der Waals surface area contributed by atoms with Crippen molar-refractivity contribution in [2.75, 3.05) is 26.2 Å². The molecule has 27 heavy (non-hydrogen) atoms. The fourth-order valence-electron chi connectivity index (χ4n) is 4.75. The molecule has 0 saturated carbocycles. The van der Waals surface area contributed by atoms with E-state index in [4.69, 9.17) is 0 Å². The van der Waals surface area contributed by atoms with E-state index in [0.717, 1.165) is 76.9 Å². The first-order valence-electron chi connectivity index (χ1n) is 10.7. The van der Waals surface area contributed by atoms with Gasteiger partial charge in [0.1, 0.15) is 5.69 Å². The van der Waals surface area contributed by atoms with E-state index < -0.39 is 0 Å².